The van der Waals surface area contributed by atoms with Gasteiger partial charge in [-0.1, -0.05) is 30.3 Å². The number of morpholine rings is 1. The molecule has 0 spiro atoms. The minimum absolute atomic E-state index is 0.0166. The summed E-state index contributed by atoms with van der Waals surface area (Å²) in [5.41, 5.74) is 2.06. The molecule has 1 aromatic carbocycles. The van der Waals surface area contributed by atoms with Gasteiger partial charge in [-0.15, -0.1) is 0 Å². The third kappa shape index (κ3) is 4.20. The lowest BCUT2D eigenvalue weighted by Gasteiger charge is -2.37. The molecule has 2 atom stereocenters. The molecule has 4 rings (SSSR count). The zero-order chi connectivity index (χ0) is 19.3. The highest BCUT2D eigenvalue weighted by molar-refractivity contribution is 5.74. The summed E-state index contributed by atoms with van der Waals surface area (Å²) in [6, 6.07) is 15.6. The maximum atomic E-state index is 12.7. The molecular weight excluding hydrogens is 354 g/mol. The van der Waals surface area contributed by atoms with Gasteiger partial charge in [0.15, 0.2) is 5.82 Å². The summed E-state index contributed by atoms with van der Waals surface area (Å²) in [4.78, 5) is 18.9. The van der Waals surface area contributed by atoms with Crippen molar-refractivity contribution >= 4 is 6.03 Å². The molecule has 1 saturated heterocycles. The largest absolute Gasteiger partial charge is 0.367 e. The van der Waals surface area contributed by atoms with E-state index >= 15 is 0 Å². The molecule has 1 aliphatic heterocycles. The number of ether oxygens (including phenoxy) is 1. The zero-order valence-electron chi connectivity index (χ0n) is 15.7. The fourth-order valence-corrected chi connectivity index (χ4v) is 3.36. The van der Waals surface area contributed by atoms with E-state index < -0.39 is 0 Å². The number of carbonyl (C=O) groups excluding carboxylic acids is 1. The molecule has 0 radical (unpaired) electrons. The van der Waals surface area contributed by atoms with Crippen molar-refractivity contribution < 1.29 is 9.53 Å². The molecule has 3 heterocycles. The molecule has 0 aliphatic carbocycles. The van der Waals surface area contributed by atoms with Crippen LogP contribution in [-0.2, 0) is 11.3 Å². The lowest BCUT2D eigenvalue weighted by molar-refractivity contribution is -0.0657. The quantitative estimate of drug-likeness (QED) is 0.759. The van der Waals surface area contributed by atoms with E-state index in [0.29, 0.717) is 19.6 Å². The van der Waals surface area contributed by atoms with Crippen LogP contribution in [-0.4, -0.2) is 44.9 Å². The maximum Gasteiger partial charge on any atom is 0.317 e. The number of benzene rings is 1. The van der Waals surface area contributed by atoms with Crippen molar-refractivity contribution in [2.75, 3.05) is 13.1 Å². The van der Waals surface area contributed by atoms with Gasteiger partial charge >= 0.3 is 6.03 Å². The number of nitrogens with zero attached hydrogens (tertiary/aromatic N) is 4. The zero-order valence-corrected chi connectivity index (χ0v) is 15.7. The van der Waals surface area contributed by atoms with Crippen molar-refractivity contribution in [2.24, 2.45) is 0 Å². The Labute approximate surface area is 164 Å². The third-order valence-electron chi connectivity index (χ3n) is 4.71. The second-order valence-electron chi connectivity index (χ2n) is 6.88. The Morgan fingerprint density at radius 2 is 2.04 bits per heavy atom. The van der Waals surface area contributed by atoms with Gasteiger partial charge in [-0.05, 0) is 36.2 Å². The van der Waals surface area contributed by atoms with E-state index in [1.54, 1.807) is 17.1 Å². The first kappa shape index (κ1) is 18.2. The maximum absolute atomic E-state index is 12.7. The highest BCUT2D eigenvalue weighted by Gasteiger charge is 2.29. The molecule has 1 aliphatic rings. The summed E-state index contributed by atoms with van der Waals surface area (Å²) in [6.45, 7) is 3.53. The number of carbonyl (C=O) groups is 1. The average Bonchev–Trinajstić information content (AvgIpc) is 3.27. The minimum atomic E-state index is -0.108. The predicted octanol–water partition coefficient (Wildman–Crippen LogP) is 2.94. The van der Waals surface area contributed by atoms with Crippen LogP contribution in [0.3, 0.4) is 0 Å². The van der Waals surface area contributed by atoms with Gasteiger partial charge in [0.25, 0.3) is 0 Å². The Balaban J connectivity index is 1.39. The molecule has 144 valence electrons. The topological polar surface area (TPSA) is 72.3 Å². The van der Waals surface area contributed by atoms with Crippen molar-refractivity contribution in [3.63, 3.8) is 0 Å². The van der Waals surface area contributed by atoms with Gasteiger partial charge in [0.2, 0.25) is 0 Å². The van der Waals surface area contributed by atoms with Crippen molar-refractivity contribution in [3.05, 3.63) is 78.2 Å². The second-order valence-corrected chi connectivity index (χ2v) is 6.88. The number of urea groups is 1. The number of hydrogen-bond donors (Lipinski definition) is 1. The Bertz CT molecular complexity index is 914. The average molecular weight is 377 g/mol. The van der Waals surface area contributed by atoms with Gasteiger partial charge in [-0.2, -0.15) is 5.10 Å². The summed E-state index contributed by atoms with van der Waals surface area (Å²) in [5, 5.41) is 7.19. The SMILES string of the molecule is C[C@@H]1CN(C(=O)NCc2ccnc(-n3cccn3)c2)C[C@H](c2ccccc2)O1. The minimum Gasteiger partial charge on any atom is -0.367 e. The standard InChI is InChI=1S/C21H23N5O2/c1-16-14-25(15-19(28-16)18-6-3-2-4-7-18)21(27)23-13-17-8-10-22-20(12-17)26-11-5-9-24-26/h2-12,16,19H,13-15H2,1H3,(H,23,27)/t16-,19-/m1/s1. The molecule has 7 heteroatoms. The lowest BCUT2D eigenvalue weighted by atomic mass is 10.1. The Morgan fingerprint density at radius 3 is 2.82 bits per heavy atom. The van der Waals surface area contributed by atoms with Crippen LogP contribution in [0.4, 0.5) is 4.79 Å². The van der Waals surface area contributed by atoms with Gasteiger partial charge in [-0.25, -0.2) is 14.5 Å². The van der Waals surface area contributed by atoms with E-state index in [2.05, 4.69) is 15.4 Å². The monoisotopic (exact) mass is 377 g/mol. The molecule has 2 amide bonds. The molecule has 1 fully saturated rings. The molecule has 0 bridgehead atoms. The van der Waals surface area contributed by atoms with E-state index in [1.165, 1.54) is 0 Å². The Morgan fingerprint density at radius 1 is 1.18 bits per heavy atom. The molecule has 3 aromatic rings. The fraction of sp³-hybridized carbons (Fsp3) is 0.286. The number of nitrogens with one attached hydrogen (secondary N) is 1. The van der Waals surface area contributed by atoms with Gasteiger partial charge in [0, 0.05) is 31.7 Å². The van der Waals surface area contributed by atoms with Crippen molar-refractivity contribution in [3.8, 4) is 5.82 Å². The number of rotatable bonds is 4. The molecule has 1 N–H and O–H groups in total. The van der Waals surface area contributed by atoms with E-state index in [0.717, 1.165) is 16.9 Å². The van der Waals surface area contributed by atoms with E-state index in [1.807, 2.05) is 66.6 Å². The van der Waals surface area contributed by atoms with Gasteiger partial charge < -0.3 is 15.0 Å². The lowest BCUT2D eigenvalue weighted by Crippen LogP contribution is -2.49. The first-order chi connectivity index (χ1) is 13.7. The molecular formula is C21H23N5O2. The molecule has 7 nitrogen and oxygen atoms in total. The second kappa shape index (κ2) is 8.22. The Hall–Kier alpha value is -3.19. The summed E-state index contributed by atoms with van der Waals surface area (Å²) < 4.78 is 7.73. The predicted molar refractivity (Wildman–Crippen MR) is 105 cm³/mol. The van der Waals surface area contributed by atoms with Crippen LogP contribution in [0.25, 0.3) is 5.82 Å². The molecule has 0 saturated carbocycles. The first-order valence-electron chi connectivity index (χ1n) is 9.37. The van der Waals surface area contributed by atoms with Gasteiger partial charge in [0.05, 0.1) is 12.6 Å². The smallest absolute Gasteiger partial charge is 0.317 e. The van der Waals surface area contributed by atoms with Crippen LogP contribution in [0, 0.1) is 0 Å². The van der Waals surface area contributed by atoms with E-state index in [-0.39, 0.29) is 18.2 Å². The summed E-state index contributed by atoms with van der Waals surface area (Å²) >= 11 is 0. The van der Waals surface area contributed by atoms with Gasteiger partial charge in [-0.3, -0.25) is 0 Å². The van der Waals surface area contributed by atoms with Crippen LogP contribution in [0.1, 0.15) is 24.2 Å². The van der Waals surface area contributed by atoms with Crippen molar-refractivity contribution in [1.29, 1.82) is 0 Å². The van der Waals surface area contributed by atoms with Crippen LogP contribution < -0.4 is 5.32 Å². The number of pyridine rings is 1. The summed E-state index contributed by atoms with van der Waals surface area (Å²) in [6.07, 6.45) is 5.14. The van der Waals surface area contributed by atoms with Crippen LogP contribution in [0.15, 0.2) is 67.1 Å². The normalized spacial score (nSPS) is 19.4. The van der Waals surface area contributed by atoms with E-state index in [9.17, 15) is 4.79 Å². The molecule has 28 heavy (non-hydrogen) atoms. The highest BCUT2D eigenvalue weighted by atomic mass is 16.5. The number of amides is 2. The summed E-state index contributed by atoms with van der Waals surface area (Å²) in [7, 11) is 0. The van der Waals surface area contributed by atoms with Crippen LogP contribution in [0.2, 0.25) is 0 Å². The third-order valence-corrected chi connectivity index (χ3v) is 4.71. The fourth-order valence-electron chi connectivity index (χ4n) is 3.36. The van der Waals surface area contributed by atoms with Crippen molar-refractivity contribution in [1.82, 2.24) is 25.0 Å². The van der Waals surface area contributed by atoms with E-state index in [4.69, 9.17) is 4.74 Å². The molecule has 2 aromatic heterocycles. The number of hydrogen-bond acceptors (Lipinski definition) is 4. The highest BCUT2D eigenvalue weighted by Crippen LogP contribution is 2.25. The van der Waals surface area contributed by atoms with Gasteiger partial charge in [0.1, 0.15) is 6.10 Å². The van der Waals surface area contributed by atoms with Crippen LogP contribution >= 0.6 is 0 Å². The Kier molecular flexibility index (Phi) is 5.34. The molecule has 0 unspecified atom stereocenters. The van der Waals surface area contributed by atoms with Crippen LogP contribution in [0.5, 0.6) is 0 Å². The summed E-state index contributed by atoms with van der Waals surface area (Å²) in [5.74, 6) is 0.723. The first-order valence-corrected chi connectivity index (χ1v) is 9.37. The number of aromatic nitrogens is 3. The van der Waals surface area contributed by atoms with Crippen molar-refractivity contribution in [2.45, 2.75) is 25.7 Å².